The molecule has 80 valence electrons. The van der Waals surface area contributed by atoms with Crippen LogP contribution in [0.4, 0.5) is 0 Å². The van der Waals surface area contributed by atoms with Crippen molar-refractivity contribution in [2.45, 2.75) is 19.6 Å². The van der Waals surface area contributed by atoms with Gasteiger partial charge in [0.25, 0.3) is 0 Å². The molecule has 0 aliphatic heterocycles. The molecule has 0 aliphatic rings. The van der Waals surface area contributed by atoms with Crippen molar-refractivity contribution in [3.8, 4) is 0 Å². The number of likely N-dealkylation sites (N-methyl/N-ethyl adjacent to an activating group) is 1. The maximum absolute atomic E-state index is 9.32. The van der Waals surface area contributed by atoms with Crippen LogP contribution in [0, 0.1) is 6.92 Å². The van der Waals surface area contributed by atoms with E-state index in [1.807, 2.05) is 24.3 Å². The molecule has 0 saturated heterocycles. The second-order valence-electron chi connectivity index (χ2n) is 3.36. The van der Waals surface area contributed by atoms with Crippen molar-refractivity contribution in [1.29, 1.82) is 0 Å². The van der Waals surface area contributed by atoms with Crippen molar-refractivity contribution in [3.63, 3.8) is 0 Å². The maximum atomic E-state index is 9.32. The Hall–Kier alpha value is -0.160. The quantitative estimate of drug-likeness (QED) is 0.785. The predicted octanol–water partition coefficient (Wildman–Crippen LogP) is 1.48. The van der Waals surface area contributed by atoms with Gasteiger partial charge in [-0.2, -0.15) is 0 Å². The molecule has 0 saturated carbocycles. The molecule has 1 aromatic heterocycles. The average Bonchev–Trinajstić information content (AvgIpc) is 2.50. The molecule has 0 spiro atoms. The highest BCUT2D eigenvalue weighted by molar-refractivity contribution is 7.09. The van der Waals surface area contributed by atoms with Gasteiger partial charge in [0.15, 0.2) is 0 Å². The number of hydrogen-bond acceptors (Lipinski definition) is 4. The van der Waals surface area contributed by atoms with E-state index in [2.05, 4.69) is 4.98 Å². The molecular weight excluding hydrogens is 220 g/mol. The number of thiazole rings is 1. The van der Waals surface area contributed by atoms with Crippen molar-refractivity contribution in [3.05, 3.63) is 16.1 Å². The van der Waals surface area contributed by atoms with Crippen LogP contribution < -0.4 is 0 Å². The Bertz CT molecular complexity index is 280. The minimum absolute atomic E-state index is 0.278. The van der Waals surface area contributed by atoms with Gasteiger partial charge in [-0.25, -0.2) is 4.98 Å². The number of alkyl halides is 1. The molecule has 14 heavy (non-hydrogen) atoms. The molecule has 0 bridgehead atoms. The number of halogens is 1. The van der Waals surface area contributed by atoms with E-state index < -0.39 is 6.10 Å². The van der Waals surface area contributed by atoms with E-state index in [1.54, 1.807) is 11.3 Å². The molecule has 1 heterocycles. The molecule has 0 amide bonds. The number of hydrogen-bond donors (Lipinski definition) is 1. The minimum atomic E-state index is -0.457. The third kappa shape index (κ3) is 3.92. The van der Waals surface area contributed by atoms with Crippen molar-refractivity contribution < 1.29 is 5.11 Å². The van der Waals surface area contributed by atoms with Gasteiger partial charge >= 0.3 is 0 Å². The van der Waals surface area contributed by atoms with E-state index in [0.717, 1.165) is 17.2 Å². The van der Waals surface area contributed by atoms with Gasteiger partial charge in [-0.15, -0.1) is 22.9 Å². The summed E-state index contributed by atoms with van der Waals surface area (Å²) < 4.78 is 0. The number of aliphatic hydroxyl groups is 1. The van der Waals surface area contributed by atoms with Crippen LogP contribution in [0.2, 0.25) is 0 Å². The number of aryl methyl sites for hydroxylation is 1. The fourth-order valence-electron chi connectivity index (χ4n) is 1.23. The molecule has 0 aliphatic carbocycles. The maximum Gasteiger partial charge on any atom is 0.0897 e. The molecule has 0 aromatic carbocycles. The van der Waals surface area contributed by atoms with Gasteiger partial charge in [-0.05, 0) is 14.0 Å². The molecule has 5 heteroatoms. The number of rotatable bonds is 5. The zero-order valence-corrected chi connectivity index (χ0v) is 9.98. The smallest absolute Gasteiger partial charge is 0.0897 e. The summed E-state index contributed by atoms with van der Waals surface area (Å²) in [6, 6.07) is 0. The lowest BCUT2D eigenvalue weighted by atomic mass is 10.3. The molecule has 3 nitrogen and oxygen atoms in total. The summed E-state index contributed by atoms with van der Waals surface area (Å²) in [7, 11) is 1.95. The summed E-state index contributed by atoms with van der Waals surface area (Å²) in [4.78, 5) is 6.36. The first kappa shape index (κ1) is 11.9. The second kappa shape index (κ2) is 5.66. The first-order valence-electron chi connectivity index (χ1n) is 4.45. The van der Waals surface area contributed by atoms with Crippen LogP contribution >= 0.6 is 22.9 Å². The van der Waals surface area contributed by atoms with Crippen LogP contribution in [0.1, 0.15) is 10.7 Å². The summed E-state index contributed by atoms with van der Waals surface area (Å²) in [6.45, 7) is 3.33. The Balaban J connectivity index is 2.37. The van der Waals surface area contributed by atoms with E-state index in [0.29, 0.717) is 6.54 Å². The van der Waals surface area contributed by atoms with Crippen molar-refractivity contribution in [2.75, 3.05) is 19.5 Å². The fraction of sp³-hybridized carbons (Fsp3) is 0.667. The highest BCUT2D eigenvalue weighted by Gasteiger charge is 2.08. The van der Waals surface area contributed by atoms with Crippen LogP contribution in [-0.4, -0.2) is 40.6 Å². The molecular formula is C9H15ClN2OS. The third-order valence-corrected chi connectivity index (χ3v) is 2.98. The first-order valence-corrected chi connectivity index (χ1v) is 5.87. The molecule has 1 aromatic rings. The standard InChI is InChI=1S/C9H15ClN2OS/c1-7-11-8(6-14-7)4-12(2)5-9(13)3-10/h6,9,13H,3-5H2,1-2H3. The average molecular weight is 235 g/mol. The summed E-state index contributed by atoms with van der Waals surface area (Å²) in [6.07, 6.45) is -0.457. The Morgan fingerprint density at radius 2 is 2.43 bits per heavy atom. The molecule has 0 radical (unpaired) electrons. The lowest BCUT2D eigenvalue weighted by molar-refractivity contribution is 0.140. The monoisotopic (exact) mass is 234 g/mol. The van der Waals surface area contributed by atoms with Crippen LogP contribution in [0.5, 0.6) is 0 Å². The second-order valence-corrected chi connectivity index (χ2v) is 4.73. The largest absolute Gasteiger partial charge is 0.391 e. The highest BCUT2D eigenvalue weighted by atomic mass is 35.5. The molecule has 1 rings (SSSR count). The Morgan fingerprint density at radius 1 is 1.71 bits per heavy atom. The Kier molecular flexibility index (Phi) is 4.81. The number of aliphatic hydroxyl groups excluding tert-OH is 1. The Morgan fingerprint density at radius 3 is 2.93 bits per heavy atom. The van der Waals surface area contributed by atoms with Crippen LogP contribution in [0.15, 0.2) is 5.38 Å². The topological polar surface area (TPSA) is 36.4 Å². The SMILES string of the molecule is Cc1nc(CN(C)CC(O)CCl)cs1. The van der Waals surface area contributed by atoms with Crippen LogP contribution in [0.25, 0.3) is 0 Å². The van der Waals surface area contributed by atoms with Gasteiger partial charge < -0.3 is 5.11 Å². The van der Waals surface area contributed by atoms with E-state index >= 15 is 0 Å². The first-order chi connectivity index (χ1) is 6.61. The summed E-state index contributed by atoms with van der Waals surface area (Å²) >= 11 is 7.16. The van der Waals surface area contributed by atoms with Crippen molar-refractivity contribution in [1.82, 2.24) is 9.88 Å². The van der Waals surface area contributed by atoms with Gasteiger partial charge in [-0.3, -0.25) is 4.90 Å². The zero-order chi connectivity index (χ0) is 10.6. The van der Waals surface area contributed by atoms with E-state index in [4.69, 9.17) is 11.6 Å². The van der Waals surface area contributed by atoms with Gasteiger partial charge in [-0.1, -0.05) is 0 Å². The Labute approximate surface area is 93.3 Å². The van der Waals surface area contributed by atoms with Crippen LogP contribution in [-0.2, 0) is 6.54 Å². The number of aromatic nitrogens is 1. The van der Waals surface area contributed by atoms with Gasteiger partial charge in [0.05, 0.1) is 16.8 Å². The van der Waals surface area contributed by atoms with Gasteiger partial charge in [0.1, 0.15) is 0 Å². The van der Waals surface area contributed by atoms with Gasteiger partial charge in [0.2, 0.25) is 0 Å². The van der Waals surface area contributed by atoms with E-state index in [1.165, 1.54) is 0 Å². The normalized spacial score (nSPS) is 13.5. The summed E-state index contributed by atoms with van der Waals surface area (Å²) in [5.41, 5.74) is 1.05. The molecule has 1 unspecified atom stereocenters. The highest BCUT2D eigenvalue weighted by Crippen LogP contribution is 2.09. The van der Waals surface area contributed by atoms with E-state index in [-0.39, 0.29) is 5.88 Å². The zero-order valence-electron chi connectivity index (χ0n) is 8.40. The molecule has 1 atom stereocenters. The third-order valence-electron chi connectivity index (χ3n) is 1.80. The molecule has 1 N–H and O–H groups in total. The van der Waals surface area contributed by atoms with Crippen molar-refractivity contribution in [2.24, 2.45) is 0 Å². The molecule has 0 fully saturated rings. The van der Waals surface area contributed by atoms with E-state index in [9.17, 15) is 5.11 Å². The van der Waals surface area contributed by atoms with Crippen LogP contribution in [0.3, 0.4) is 0 Å². The predicted molar refractivity (Wildman–Crippen MR) is 59.9 cm³/mol. The minimum Gasteiger partial charge on any atom is -0.391 e. The summed E-state index contributed by atoms with van der Waals surface area (Å²) in [5.74, 6) is 0.278. The van der Waals surface area contributed by atoms with Crippen molar-refractivity contribution >= 4 is 22.9 Å². The number of nitrogens with zero attached hydrogens (tertiary/aromatic N) is 2. The fourth-order valence-corrected chi connectivity index (χ4v) is 1.93. The lowest BCUT2D eigenvalue weighted by Gasteiger charge is -2.17. The summed E-state index contributed by atoms with van der Waals surface area (Å²) in [5, 5.41) is 12.4. The lowest BCUT2D eigenvalue weighted by Crippen LogP contribution is -2.29. The van der Waals surface area contributed by atoms with Gasteiger partial charge in [0, 0.05) is 24.3 Å².